The van der Waals surface area contributed by atoms with Gasteiger partial charge in [-0.15, -0.1) is 0 Å². The van der Waals surface area contributed by atoms with Crippen LogP contribution in [0, 0.1) is 6.92 Å². The van der Waals surface area contributed by atoms with E-state index in [1.165, 1.54) is 0 Å². The van der Waals surface area contributed by atoms with E-state index < -0.39 is 6.04 Å². The van der Waals surface area contributed by atoms with Gasteiger partial charge in [0.2, 0.25) is 11.8 Å². The number of hydrogen-bond acceptors (Lipinski definition) is 2. The predicted octanol–water partition coefficient (Wildman–Crippen LogP) is 1.87. The lowest BCUT2D eigenvalue weighted by Crippen LogP contribution is -2.46. The Hall–Kier alpha value is -1.84. The molecule has 0 bridgehead atoms. The van der Waals surface area contributed by atoms with Gasteiger partial charge in [-0.3, -0.25) is 9.59 Å². The maximum Gasteiger partial charge on any atom is 0.242 e. The van der Waals surface area contributed by atoms with E-state index in [4.69, 9.17) is 0 Å². The van der Waals surface area contributed by atoms with Crippen LogP contribution in [0.15, 0.2) is 24.3 Å². The third kappa shape index (κ3) is 4.09. The summed E-state index contributed by atoms with van der Waals surface area (Å²) in [5, 5.41) is 2.59. The number of rotatable bonds is 5. The van der Waals surface area contributed by atoms with Crippen LogP contribution in [0.4, 0.5) is 0 Å². The summed E-state index contributed by atoms with van der Waals surface area (Å²) < 4.78 is 0. The van der Waals surface area contributed by atoms with Crippen LogP contribution < -0.4 is 5.32 Å². The number of aryl methyl sites for hydroxylation is 1. The molecule has 1 atom stereocenters. The molecule has 0 aromatic heterocycles. The van der Waals surface area contributed by atoms with E-state index in [-0.39, 0.29) is 11.8 Å². The van der Waals surface area contributed by atoms with Gasteiger partial charge in [0.05, 0.1) is 0 Å². The highest BCUT2D eigenvalue weighted by Gasteiger charge is 2.24. The summed E-state index contributed by atoms with van der Waals surface area (Å²) >= 11 is 0. The van der Waals surface area contributed by atoms with Crippen molar-refractivity contribution in [2.24, 2.45) is 0 Å². The highest BCUT2D eigenvalue weighted by molar-refractivity contribution is 5.87. The normalized spacial score (nSPS) is 11.8. The number of benzene rings is 1. The average molecular weight is 262 g/mol. The molecule has 1 N–H and O–H groups in total. The van der Waals surface area contributed by atoms with E-state index >= 15 is 0 Å². The van der Waals surface area contributed by atoms with Crippen molar-refractivity contribution in [3.8, 4) is 0 Å². The minimum Gasteiger partial charge on any atom is -0.357 e. The quantitative estimate of drug-likeness (QED) is 0.880. The zero-order valence-electron chi connectivity index (χ0n) is 12.1. The predicted molar refractivity (Wildman–Crippen MR) is 75.5 cm³/mol. The van der Waals surface area contributed by atoms with E-state index in [2.05, 4.69) is 5.32 Å². The number of carbonyl (C=O) groups excluding carboxylic acids is 2. The smallest absolute Gasteiger partial charge is 0.242 e. The molecule has 104 valence electrons. The topological polar surface area (TPSA) is 49.4 Å². The highest BCUT2D eigenvalue weighted by Crippen LogP contribution is 2.12. The van der Waals surface area contributed by atoms with Crippen LogP contribution in [0.1, 0.15) is 31.4 Å². The molecule has 2 amide bonds. The zero-order chi connectivity index (χ0) is 14.4. The maximum absolute atomic E-state index is 12.0. The first-order chi connectivity index (χ1) is 8.99. The standard InChI is InChI=1S/C15H22N2O2/c1-5-14(18)17(12(3)15(19)16-4)10-13-8-6-7-11(2)9-13/h6-9,12H,5,10H2,1-4H3,(H,16,19). The summed E-state index contributed by atoms with van der Waals surface area (Å²) in [5.74, 6) is -0.160. The third-order valence-corrected chi connectivity index (χ3v) is 3.15. The van der Waals surface area contributed by atoms with E-state index in [0.29, 0.717) is 13.0 Å². The molecule has 0 aliphatic rings. The van der Waals surface area contributed by atoms with Crippen LogP contribution in [-0.2, 0) is 16.1 Å². The van der Waals surface area contributed by atoms with Crippen molar-refractivity contribution in [3.05, 3.63) is 35.4 Å². The summed E-state index contributed by atoms with van der Waals surface area (Å²) in [6, 6.07) is 7.52. The van der Waals surface area contributed by atoms with Gasteiger partial charge in [0, 0.05) is 20.0 Å². The second-order valence-electron chi connectivity index (χ2n) is 4.65. The summed E-state index contributed by atoms with van der Waals surface area (Å²) in [7, 11) is 1.58. The Morgan fingerprint density at radius 3 is 2.58 bits per heavy atom. The molecule has 0 radical (unpaired) electrons. The van der Waals surface area contributed by atoms with E-state index in [1.54, 1.807) is 18.9 Å². The fraction of sp³-hybridized carbons (Fsp3) is 0.467. The number of amides is 2. The lowest BCUT2D eigenvalue weighted by atomic mass is 10.1. The van der Waals surface area contributed by atoms with Crippen molar-refractivity contribution >= 4 is 11.8 Å². The fourth-order valence-corrected chi connectivity index (χ4v) is 2.00. The van der Waals surface area contributed by atoms with Gasteiger partial charge in [0.25, 0.3) is 0 Å². The molecule has 1 rings (SSSR count). The lowest BCUT2D eigenvalue weighted by Gasteiger charge is -2.28. The summed E-state index contributed by atoms with van der Waals surface area (Å²) in [5.41, 5.74) is 2.19. The van der Waals surface area contributed by atoms with Crippen LogP contribution in [-0.4, -0.2) is 29.8 Å². The van der Waals surface area contributed by atoms with Gasteiger partial charge in [0.1, 0.15) is 6.04 Å². The summed E-state index contributed by atoms with van der Waals surface area (Å²) in [6.07, 6.45) is 0.396. The minimum atomic E-state index is -0.460. The monoisotopic (exact) mass is 262 g/mol. The van der Waals surface area contributed by atoms with Gasteiger partial charge in [-0.05, 0) is 19.4 Å². The Bertz CT molecular complexity index is 457. The number of likely N-dealkylation sites (N-methyl/N-ethyl adjacent to an activating group) is 1. The number of nitrogens with one attached hydrogen (secondary N) is 1. The molecule has 1 unspecified atom stereocenters. The third-order valence-electron chi connectivity index (χ3n) is 3.15. The SMILES string of the molecule is CCC(=O)N(Cc1cccc(C)c1)C(C)C(=O)NC. The van der Waals surface area contributed by atoms with Crippen LogP contribution in [0.5, 0.6) is 0 Å². The second kappa shape index (κ2) is 6.92. The Morgan fingerprint density at radius 2 is 2.05 bits per heavy atom. The number of nitrogens with zero attached hydrogens (tertiary/aromatic N) is 1. The van der Waals surface area contributed by atoms with E-state index in [1.807, 2.05) is 38.1 Å². The van der Waals surface area contributed by atoms with Crippen LogP contribution >= 0.6 is 0 Å². The van der Waals surface area contributed by atoms with Crippen LogP contribution in [0.3, 0.4) is 0 Å². The minimum absolute atomic E-state index is 0.0161. The second-order valence-corrected chi connectivity index (χ2v) is 4.65. The molecule has 0 aliphatic carbocycles. The Morgan fingerprint density at radius 1 is 1.37 bits per heavy atom. The van der Waals surface area contributed by atoms with E-state index in [9.17, 15) is 9.59 Å². The van der Waals surface area contributed by atoms with Crippen molar-refractivity contribution in [2.75, 3.05) is 7.05 Å². The average Bonchev–Trinajstić information content (AvgIpc) is 2.42. The van der Waals surface area contributed by atoms with Gasteiger partial charge < -0.3 is 10.2 Å². The van der Waals surface area contributed by atoms with E-state index in [0.717, 1.165) is 11.1 Å². The Kier molecular flexibility index (Phi) is 5.55. The van der Waals surface area contributed by atoms with Gasteiger partial charge in [0.15, 0.2) is 0 Å². The zero-order valence-corrected chi connectivity index (χ0v) is 12.1. The molecule has 1 aromatic rings. The van der Waals surface area contributed by atoms with Crippen molar-refractivity contribution in [3.63, 3.8) is 0 Å². The first-order valence-corrected chi connectivity index (χ1v) is 6.56. The van der Waals surface area contributed by atoms with Gasteiger partial charge in [-0.1, -0.05) is 36.8 Å². The van der Waals surface area contributed by atoms with Crippen molar-refractivity contribution in [1.82, 2.24) is 10.2 Å². The van der Waals surface area contributed by atoms with Gasteiger partial charge in [-0.25, -0.2) is 0 Å². The number of carbonyl (C=O) groups is 2. The van der Waals surface area contributed by atoms with Crippen molar-refractivity contribution in [2.45, 2.75) is 39.8 Å². The summed E-state index contributed by atoms with van der Waals surface area (Å²) in [6.45, 7) is 6.03. The molecule has 0 saturated heterocycles. The lowest BCUT2D eigenvalue weighted by molar-refractivity contribution is -0.140. The molecule has 4 nitrogen and oxygen atoms in total. The molecule has 4 heteroatoms. The molecule has 0 aliphatic heterocycles. The molecule has 0 saturated carbocycles. The molecular weight excluding hydrogens is 240 g/mol. The number of hydrogen-bond donors (Lipinski definition) is 1. The molecule has 19 heavy (non-hydrogen) atoms. The maximum atomic E-state index is 12.0. The first-order valence-electron chi connectivity index (χ1n) is 6.56. The first kappa shape index (κ1) is 15.2. The van der Waals surface area contributed by atoms with Gasteiger partial charge in [-0.2, -0.15) is 0 Å². The van der Waals surface area contributed by atoms with Crippen LogP contribution in [0.25, 0.3) is 0 Å². The summed E-state index contributed by atoms with van der Waals surface area (Å²) in [4.78, 5) is 25.4. The van der Waals surface area contributed by atoms with Crippen LogP contribution in [0.2, 0.25) is 0 Å². The molecular formula is C15H22N2O2. The van der Waals surface area contributed by atoms with Gasteiger partial charge >= 0.3 is 0 Å². The van der Waals surface area contributed by atoms with Crippen molar-refractivity contribution in [1.29, 1.82) is 0 Å². The molecule has 0 heterocycles. The molecule has 1 aromatic carbocycles. The molecule has 0 fully saturated rings. The Balaban J connectivity index is 2.92. The van der Waals surface area contributed by atoms with Crippen molar-refractivity contribution < 1.29 is 9.59 Å². The highest BCUT2D eigenvalue weighted by atomic mass is 16.2. The Labute approximate surface area is 114 Å². The molecule has 0 spiro atoms. The fourth-order valence-electron chi connectivity index (χ4n) is 2.00. The largest absolute Gasteiger partial charge is 0.357 e.